The average Bonchev–Trinajstić information content (AvgIpc) is 2.93. The highest BCUT2D eigenvalue weighted by atomic mass is 31.2. The van der Waals surface area contributed by atoms with Gasteiger partial charge < -0.3 is 25.4 Å². The van der Waals surface area contributed by atoms with Gasteiger partial charge in [0, 0.05) is 26.4 Å². The van der Waals surface area contributed by atoms with Gasteiger partial charge in [-0.3, -0.25) is 29.0 Å². The highest BCUT2D eigenvalue weighted by Gasteiger charge is 2.31. The molecule has 0 fully saturated rings. The fraction of sp³-hybridized carbons (Fsp3) is 0.677. The second-order valence-corrected chi connectivity index (χ2v) is 12.8. The van der Waals surface area contributed by atoms with Crippen LogP contribution in [-0.2, 0) is 30.2 Å². The number of benzene rings is 1. The summed E-state index contributed by atoms with van der Waals surface area (Å²) in [5.41, 5.74) is 0.583. The van der Waals surface area contributed by atoms with Gasteiger partial charge in [-0.1, -0.05) is 78.4 Å². The van der Waals surface area contributed by atoms with Gasteiger partial charge in [-0.2, -0.15) is 0 Å². The molecule has 0 aliphatic rings. The fourth-order valence-corrected chi connectivity index (χ4v) is 5.13. The first-order valence-electron chi connectivity index (χ1n) is 15.7. The summed E-state index contributed by atoms with van der Waals surface area (Å²) in [6.45, 7) is 12.0. The number of unbranched alkanes of at least 4 members (excludes halogenated alkanes) is 6. The molecular formula is C31H53N4O8P. The van der Waals surface area contributed by atoms with E-state index in [0.29, 0.717) is 18.7 Å². The summed E-state index contributed by atoms with van der Waals surface area (Å²) in [5, 5.41) is 8.13. The van der Waals surface area contributed by atoms with Crippen molar-refractivity contribution in [2.75, 3.05) is 13.1 Å². The third kappa shape index (κ3) is 15.7. The molecule has 0 heterocycles. The van der Waals surface area contributed by atoms with Gasteiger partial charge in [0.2, 0.25) is 23.6 Å². The summed E-state index contributed by atoms with van der Waals surface area (Å²) >= 11 is 0. The SMILES string of the molecule is CCCCCCN(CCCCCC)C(=O)[C@H](C)NC(=O)[C@@H](NC(=O)[C@@H](Cc1ccc(OP(=O)(O)O)cc1)NC(C)=O)C(C)C. The standard InChI is InChI=1S/C31H53N4O8P/c1-7-9-11-13-19-35(20-14-12-10-8-2)31(39)23(5)32-30(38)28(22(3)4)34-29(37)27(33-24(6)36)21-25-15-17-26(18-16-25)43-44(40,41)42/h15-18,22-23,27-28H,7-14,19-21H2,1-6H3,(H,32,38)(H,33,36)(H,34,37)(H2,40,41,42)/t23-,27+,28-/m0/s1. The lowest BCUT2D eigenvalue weighted by Gasteiger charge is -2.29. The summed E-state index contributed by atoms with van der Waals surface area (Å²) in [5.74, 6) is -2.05. The lowest BCUT2D eigenvalue weighted by Crippen LogP contribution is -2.58. The number of carbonyl (C=O) groups excluding carboxylic acids is 4. The zero-order valence-electron chi connectivity index (χ0n) is 27.1. The van der Waals surface area contributed by atoms with Crippen LogP contribution in [-0.4, -0.2) is 69.5 Å². The van der Waals surface area contributed by atoms with Crippen molar-refractivity contribution in [2.24, 2.45) is 5.92 Å². The Labute approximate surface area is 262 Å². The van der Waals surface area contributed by atoms with E-state index in [4.69, 9.17) is 9.79 Å². The Hall–Kier alpha value is -2.95. The minimum Gasteiger partial charge on any atom is -0.404 e. The lowest BCUT2D eigenvalue weighted by molar-refractivity contribution is -0.137. The highest BCUT2D eigenvalue weighted by molar-refractivity contribution is 7.46. The summed E-state index contributed by atoms with van der Waals surface area (Å²) in [4.78, 5) is 71.7. The predicted molar refractivity (Wildman–Crippen MR) is 170 cm³/mol. The van der Waals surface area contributed by atoms with Crippen molar-refractivity contribution in [1.29, 1.82) is 0 Å². The fourth-order valence-electron chi connectivity index (χ4n) is 4.73. The minimum absolute atomic E-state index is 0.0496. The molecule has 0 saturated carbocycles. The third-order valence-corrected chi connectivity index (χ3v) is 7.58. The third-order valence-electron chi connectivity index (χ3n) is 7.13. The van der Waals surface area contributed by atoms with E-state index < -0.39 is 43.7 Å². The van der Waals surface area contributed by atoms with E-state index in [0.717, 1.165) is 51.4 Å². The van der Waals surface area contributed by atoms with E-state index in [-0.39, 0.29) is 24.0 Å². The second-order valence-electron chi connectivity index (χ2n) is 11.6. The molecule has 0 aliphatic carbocycles. The topological polar surface area (TPSA) is 174 Å². The number of nitrogens with zero attached hydrogens (tertiary/aromatic N) is 1. The molecule has 0 spiro atoms. The Morgan fingerprint density at radius 3 is 1.82 bits per heavy atom. The molecule has 0 aromatic heterocycles. The van der Waals surface area contributed by atoms with E-state index in [1.54, 1.807) is 20.8 Å². The number of hydrogen-bond acceptors (Lipinski definition) is 6. The first kappa shape index (κ1) is 39.1. The van der Waals surface area contributed by atoms with Gasteiger partial charge in [0.1, 0.15) is 23.9 Å². The van der Waals surface area contributed by atoms with E-state index in [1.807, 2.05) is 4.90 Å². The quantitative estimate of drug-likeness (QED) is 0.0995. The molecule has 0 bridgehead atoms. The number of nitrogens with one attached hydrogen (secondary N) is 3. The van der Waals surface area contributed by atoms with Gasteiger partial charge in [0.25, 0.3) is 0 Å². The predicted octanol–water partition coefficient (Wildman–Crippen LogP) is 3.84. The van der Waals surface area contributed by atoms with Crippen LogP contribution in [0.25, 0.3) is 0 Å². The first-order valence-corrected chi connectivity index (χ1v) is 17.2. The van der Waals surface area contributed by atoms with E-state index >= 15 is 0 Å². The van der Waals surface area contributed by atoms with Crippen molar-refractivity contribution >= 4 is 31.5 Å². The lowest BCUT2D eigenvalue weighted by atomic mass is 10.0. The maximum absolute atomic E-state index is 13.4. The molecule has 1 aromatic carbocycles. The van der Waals surface area contributed by atoms with Crippen LogP contribution in [0.15, 0.2) is 24.3 Å². The molecule has 12 nitrogen and oxygen atoms in total. The molecule has 1 aromatic rings. The normalized spacial score (nSPS) is 13.5. The Balaban J connectivity index is 2.95. The Morgan fingerprint density at radius 2 is 1.36 bits per heavy atom. The Bertz CT molecular complexity index is 1080. The Kier molecular flexibility index (Phi) is 17.9. The van der Waals surface area contributed by atoms with Crippen molar-refractivity contribution in [2.45, 2.75) is 117 Å². The zero-order valence-corrected chi connectivity index (χ0v) is 28.0. The molecule has 3 atom stereocenters. The molecule has 13 heteroatoms. The van der Waals surface area contributed by atoms with Crippen molar-refractivity contribution in [3.05, 3.63) is 29.8 Å². The van der Waals surface area contributed by atoms with Gasteiger partial charge in [-0.25, -0.2) is 4.57 Å². The number of rotatable bonds is 21. The molecule has 5 N–H and O–H groups in total. The molecule has 44 heavy (non-hydrogen) atoms. The van der Waals surface area contributed by atoms with E-state index in [2.05, 4.69) is 34.3 Å². The molecule has 0 aliphatic heterocycles. The number of hydrogen-bond donors (Lipinski definition) is 5. The molecule has 0 unspecified atom stereocenters. The molecule has 0 saturated heterocycles. The monoisotopic (exact) mass is 640 g/mol. The van der Waals surface area contributed by atoms with E-state index in [9.17, 15) is 23.7 Å². The van der Waals surface area contributed by atoms with Gasteiger partial charge >= 0.3 is 7.82 Å². The van der Waals surface area contributed by atoms with Crippen LogP contribution in [0.3, 0.4) is 0 Å². The van der Waals surface area contributed by atoms with E-state index in [1.165, 1.54) is 31.2 Å². The van der Waals surface area contributed by atoms with Crippen LogP contribution >= 0.6 is 7.82 Å². The first-order chi connectivity index (χ1) is 20.7. The van der Waals surface area contributed by atoms with Crippen molar-refractivity contribution in [3.8, 4) is 5.75 Å². The molecule has 0 radical (unpaired) electrons. The van der Waals surface area contributed by atoms with Crippen LogP contribution in [0.4, 0.5) is 0 Å². The number of carbonyl (C=O) groups is 4. The summed E-state index contributed by atoms with van der Waals surface area (Å²) in [6, 6.07) is 2.95. The summed E-state index contributed by atoms with van der Waals surface area (Å²) in [6.07, 6.45) is 8.35. The van der Waals surface area contributed by atoms with Crippen LogP contribution in [0, 0.1) is 5.92 Å². The Morgan fingerprint density at radius 1 is 0.818 bits per heavy atom. The second kappa shape index (κ2) is 20.2. The maximum Gasteiger partial charge on any atom is 0.524 e. The largest absolute Gasteiger partial charge is 0.524 e. The zero-order chi connectivity index (χ0) is 33.3. The van der Waals surface area contributed by atoms with Crippen LogP contribution in [0.5, 0.6) is 5.75 Å². The van der Waals surface area contributed by atoms with Gasteiger partial charge in [-0.15, -0.1) is 0 Å². The van der Waals surface area contributed by atoms with Gasteiger partial charge in [0.05, 0.1) is 0 Å². The molecule has 4 amide bonds. The van der Waals surface area contributed by atoms with Crippen molar-refractivity contribution in [3.63, 3.8) is 0 Å². The molecule has 1 rings (SSSR count). The van der Waals surface area contributed by atoms with Crippen molar-refractivity contribution in [1.82, 2.24) is 20.9 Å². The summed E-state index contributed by atoms with van der Waals surface area (Å²) in [7, 11) is -4.72. The van der Waals surface area contributed by atoms with Crippen LogP contribution in [0.2, 0.25) is 0 Å². The number of amides is 4. The number of phosphoric ester groups is 1. The maximum atomic E-state index is 13.4. The van der Waals surface area contributed by atoms with Crippen LogP contribution in [0.1, 0.15) is 98.5 Å². The highest BCUT2D eigenvalue weighted by Crippen LogP contribution is 2.37. The van der Waals surface area contributed by atoms with Gasteiger partial charge in [0.15, 0.2) is 0 Å². The average molecular weight is 641 g/mol. The van der Waals surface area contributed by atoms with Gasteiger partial charge in [-0.05, 0) is 43.4 Å². The minimum atomic E-state index is -4.72. The number of phosphoric acid groups is 1. The van der Waals surface area contributed by atoms with Crippen molar-refractivity contribution < 1.29 is 38.1 Å². The van der Waals surface area contributed by atoms with Crippen LogP contribution < -0.4 is 20.5 Å². The molecule has 250 valence electrons. The summed E-state index contributed by atoms with van der Waals surface area (Å²) < 4.78 is 15.6. The smallest absolute Gasteiger partial charge is 0.404 e. The molecular weight excluding hydrogens is 587 g/mol.